The number of piperidine rings is 1. The van der Waals surface area contributed by atoms with Crippen LogP contribution in [0, 0.1) is 6.92 Å². The number of urea groups is 1. The highest BCUT2D eigenvalue weighted by molar-refractivity contribution is 5.95. The zero-order valence-electron chi connectivity index (χ0n) is 12.8. The molecule has 1 aliphatic rings. The molecule has 5 heteroatoms. The summed E-state index contributed by atoms with van der Waals surface area (Å²) in [6.07, 6.45) is 2.17. The second kappa shape index (κ2) is 5.76. The second-order valence-corrected chi connectivity index (χ2v) is 5.86. The molecule has 2 amide bonds. The molecular formula is C16H22N2O3. The Balaban J connectivity index is 2.24. The number of benzene rings is 1. The van der Waals surface area contributed by atoms with Crippen molar-refractivity contribution in [3.05, 3.63) is 29.8 Å². The molecule has 0 bridgehead atoms. The summed E-state index contributed by atoms with van der Waals surface area (Å²) in [6.45, 7) is 4.10. The number of amides is 2. The van der Waals surface area contributed by atoms with Crippen molar-refractivity contribution >= 4 is 17.7 Å². The Morgan fingerprint density at radius 2 is 1.86 bits per heavy atom. The summed E-state index contributed by atoms with van der Waals surface area (Å²) in [5.41, 5.74) is 0.769. The molecular weight excluding hydrogens is 268 g/mol. The summed E-state index contributed by atoms with van der Waals surface area (Å²) >= 11 is 0. The van der Waals surface area contributed by atoms with Gasteiger partial charge in [0.2, 0.25) is 0 Å². The van der Waals surface area contributed by atoms with E-state index in [2.05, 4.69) is 0 Å². The van der Waals surface area contributed by atoms with E-state index in [0.29, 0.717) is 13.0 Å². The van der Waals surface area contributed by atoms with E-state index in [9.17, 15) is 14.7 Å². The first-order valence-electron chi connectivity index (χ1n) is 7.21. The van der Waals surface area contributed by atoms with Crippen molar-refractivity contribution in [2.24, 2.45) is 0 Å². The monoisotopic (exact) mass is 290 g/mol. The van der Waals surface area contributed by atoms with Gasteiger partial charge < -0.3 is 10.0 Å². The fourth-order valence-corrected chi connectivity index (χ4v) is 2.71. The third-order valence-corrected chi connectivity index (χ3v) is 4.29. The number of anilines is 1. The number of hydrogen-bond acceptors (Lipinski definition) is 2. The Labute approximate surface area is 125 Å². The maximum absolute atomic E-state index is 12.7. The van der Waals surface area contributed by atoms with Gasteiger partial charge in [-0.2, -0.15) is 0 Å². The van der Waals surface area contributed by atoms with Crippen LogP contribution in [0.4, 0.5) is 10.5 Å². The van der Waals surface area contributed by atoms with Gasteiger partial charge >= 0.3 is 12.0 Å². The predicted octanol–water partition coefficient (Wildman–Crippen LogP) is 2.88. The molecule has 0 aromatic heterocycles. The van der Waals surface area contributed by atoms with Crippen molar-refractivity contribution in [2.45, 2.75) is 38.6 Å². The number of nitrogens with zero attached hydrogens (tertiary/aromatic N) is 2. The number of likely N-dealkylation sites (tertiary alicyclic amines) is 1. The highest BCUT2D eigenvalue weighted by Crippen LogP contribution is 2.30. The van der Waals surface area contributed by atoms with Gasteiger partial charge in [0.05, 0.1) is 0 Å². The maximum atomic E-state index is 12.7. The number of rotatable bonds is 2. The Hall–Kier alpha value is -2.04. The van der Waals surface area contributed by atoms with Gasteiger partial charge in [-0.25, -0.2) is 9.59 Å². The SMILES string of the molecule is Cc1ccc(N(C)C(=O)N2CCCCC2(C)C(=O)O)cc1. The zero-order valence-corrected chi connectivity index (χ0v) is 12.8. The van der Waals surface area contributed by atoms with Crippen LogP contribution < -0.4 is 4.90 Å². The van der Waals surface area contributed by atoms with Crippen molar-refractivity contribution in [1.29, 1.82) is 0 Å². The smallest absolute Gasteiger partial charge is 0.329 e. The van der Waals surface area contributed by atoms with Gasteiger partial charge in [0, 0.05) is 19.3 Å². The number of carboxylic acid groups (broad SMARTS) is 1. The molecule has 114 valence electrons. The Bertz CT molecular complexity index is 541. The molecule has 0 saturated carbocycles. The van der Waals surface area contributed by atoms with Gasteiger partial charge in [-0.1, -0.05) is 17.7 Å². The van der Waals surface area contributed by atoms with E-state index in [-0.39, 0.29) is 6.03 Å². The van der Waals surface area contributed by atoms with E-state index in [4.69, 9.17) is 0 Å². The average Bonchev–Trinajstić information content (AvgIpc) is 2.47. The molecule has 1 aromatic rings. The topological polar surface area (TPSA) is 60.9 Å². The van der Waals surface area contributed by atoms with Crippen LogP contribution in [-0.4, -0.2) is 41.1 Å². The first kappa shape index (κ1) is 15.4. The second-order valence-electron chi connectivity index (χ2n) is 5.86. The summed E-state index contributed by atoms with van der Waals surface area (Å²) in [5, 5.41) is 9.49. The van der Waals surface area contributed by atoms with E-state index < -0.39 is 11.5 Å². The van der Waals surface area contributed by atoms with Crippen LogP contribution >= 0.6 is 0 Å². The average molecular weight is 290 g/mol. The minimum atomic E-state index is -1.12. The molecule has 0 aliphatic carbocycles. The number of carbonyl (C=O) groups is 2. The summed E-state index contributed by atoms with van der Waals surface area (Å²) in [6, 6.07) is 7.35. The highest BCUT2D eigenvalue weighted by atomic mass is 16.4. The van der Waals surface area contributed by atoms with Crippen molar-refractivity contribution in [3.8, 4) is 0 Å². The van der Waals surface area contributed by atoms with Gasteiger partial charge in [0.15, 0.2) is 0 Å². The molecule has 1 atom stereocenters. The Morgan fingerprint density at radius 3 is 2.43 bits per heavy atom. The van der Waals surface area contributed by atoms with E-state index >= 15 is 0 Å². The van der Waals surface area contributed by atoms with Gasteiger partial charge in [-0.15, -0.1) is 0 Å². The maximum Gasteiger partial charge on any atom is 0.329 e. The van der Waals surface area contributed by atoms with Crippen molar-refractivity contribution in [1.82, 2.24) is 4.90 Å². The van der Waals surface area contributed by atoms with Crippen molar-refractivity contribution < 1.29 is 14.7 Å². The van der Waals surface area contributed by atoms with E-state index in [1.807, 2.05) is 31.2 Å². The van der Waals surface area contributed by atoms with Crippen molar-refractivity contribution in [3.63, 3.8) is 0 Å². The fourth-order valence-electron chi connectivity index (χ4n) is 2.71. The lowest BCUT2D eigenvalue weighted by atomic mass is 9.89. The standard InChI is InChI=1S/C16H22N2O3/c1-12-6-8-13(9-7-12)17(3)15(21)18-11-5-4-10-16(18,2)14(19)20/h6-9H,4-5,10-11H2,1-3H3,(H,19,20). The van der Waals surface area contributed by atoms with Crippen LogP contribution in [0.1, 0.15) is 31.7 Å². The Kier molecular flexibility index (Phi) is 4.21. The van der Waals surface area contributed by atoms with Gasteiger partial charge in [-0.05, 0) is 45.2 Å². The summed E-state index contributed by atoms with van der Waals surface area (Å²) in [5.74, 6) is -0.937. The molecule has 1 fully saturated rings. The highest BCUT2D eigenvalue weighted by Gasteiger charge is 2.44. The lowest BCUT2D eigenvalue weighted by molar-refractivity contribution is -0.150. The summed E-state index contributed by atoms with van der Waals surface area (Å²) in [4.78, 5) is 27.3. The van der Waals surface area contributed by atoms with Crippen LogP contribution in [0.2, 0.25) is 0 Å². The van der Waals surface area contributed by atoms with Crippen LogP contribution in [0.5, 0.6) is 0 Å². The van der Waals surface area contributed by atoms with E-state index in [1.54, 1.807) is 14.0 Å². The molecule has 2 rings (SSSR count). The van der Waals surface area contributed by atoms with E-state index in [0.717, 1.165) is 24.1 Å². The molecule has 1 saturated heterocycles. The Morgan fingerprint density at radius 1 is 1.24 bits per heavy atom. The predicted molar refractivity (Wildman–Crippen MR) is 81.6 cm³/mol. The quantitative estimate of drug-likeness (QED) is 0.911. The molecule has 1 heterocycles. The number of carbonyl (C=O) groups excluding carboxylic acids is 1. The van der Waals surface area contributed by atoms with E-state index in [1.165, 1.54) is 9.80 Å². The van der Waals surface area contributed by atoms with Crippen LogP contribution in [-0.2, 0) is 4.79 Å². The van der Waals surface area contributed by atoms with Crippen LogP contribution in [0.3, 0.4) is 0 Å². The summed E-state index contributed by atoms with van der Waals surface area (Å²) < 4.78 is 0. The fraction of sp³-hybridized carbons (Fsp3) is 0.500. The molecule has 1 unspecified atom stereocenters. The number of aryl methyl sites for hydroxylation is 1. The zero-order chi connectivity index (χ0) is 15.6. The largest absolute Gasteiger partial charge is 0.480 e. The van der Waals surface area contributed by atoms with Crippen molar-refractivity contribution in [2.75, 3.05) is 18.5 Å². The number of hydrogen-bond donors (Lipinski definition) is 1. The van der Waals surface area contributed by atoms with Crippen LogP contribution in [0.15, 0.2) is 24.3 Å². The molecule has 1 aromatic carbocycles. The molecule has 0 radical (unpaired) electrons. The molecule has 5 nitrogen and oxygen atoms in total. The third kappa shape index (κ3) is 2.86. The lowest BCUT2D eigenvalue weighted by Crippen LogP contribution is -2.60. The number of aliphatic carboxylic acids is 1. The van der Waals surface area contributed by atoms with Crippen LogP contribution in [0.25, 0.3) is 0 Å². The molecule has 21 heavy (non-hydrogen) atoms. The summed E-state index contributed by atoms with van der Waals surface area (Å²) in [7, 11) is 1.68. The minimum absolute atomic E-state index is 0.261. The van der Waals surface area contributed by atoms with Gasteiger partial charge in [0.1, 0.15) is 5.54 Å². The first-order chi connectivity index (χ1) is 9.86. The third-order valence-electron chi connectivity index (χ3n) is 4.29. The number of carboxylic acids is 1. The van der Waals surface area contributed by atoms with Gasteiger partial charge in [0.25, 0.3) is 0 Å². The molecule has 1 N–H and O–H groups in total. The molecule has 0 spiro atoms. The van der Waals surface area contributed by atoms with Gasteiger partial charge in [-0.3, -0.25) is 4.90 Å². The normalized spacial score (nSPS) is 22.0. The minimum Gasteiger partial charge on any atom is -0.480 e. The lowest BCUT2D eigenvalue weighted by Gasteiger charge is -2.43. The molecule has 1 aliphatic heterocycles. The first-order valence-corrected chi connectivity index (χ1v) is 7.21.